The van der Waals surface area contributed by atoms with E-state index >= 15 is 0 Å². The van der Waals surface area contributed by atoms with E-state index in [-0.39, 0.29) is 22.2 Å². The minimum absolute atomic E-state index is 0.0488. The molecule has 5 N–H and O–H groups in total. The van der Waals surface area contributed by atoms with Crippen LogP contribution in [0, 0.1) is 0 Å². The molecule has 0 unspecified atom stereocenters. The summed E-state index contributed by atoms with van der Waals surface area (Å²) in [5.41, 5.74) is 0.535. The van der Waals surface area contributed by atoms with Crippen molar-refractivity contribution in [1.29, 1.82) is 0 Å². The summed E-state index contributed by atoms with van der Waals surface area (Å²) < 4.78 is 22.2. The van der Waals surface area contributed by atoms with Crippen LogP contribution in [0.1, 0.15) is 0 Å². The predicted octanol–water partition coefficient (Wildman–Crippen LogP) is 1.98. The number of rotatable bonds is 5. The molecule has 0 aliphatic rings. The van der Waals surface area contributed by atoms with E-state index in [1.807, 2.05) is 0 Å². The summed E-state index contributed by atoms with van der Waals surface area (Å²) in [6.45, 7) is 6.55. The Hall–Kier alpha value is -3.43. The van der Waals surface area contributed by atoms with Crippen molar-refractivity contribution in [3.63, 3.8) is 0 Å². The number of nitrogens with two attached hydrogens (primary N) is 1. The van der Waals surface area contributed by atoms with Crippen LogP contribution in [0.25, 0.3) is 0 Å². The molecule has 2 aromatic rings. The van der Waals surface area contributed by atoms with Crippen molar-refractivity contribution in [3.05, 3.63) is 73.8 Å². The highest BCUT2D eigenvalue weighted by molar-refractivity contribution is 7.89. The number of phenolic OH excluding ortho intramolecular Hbond substituents is 1. The molecule has 142 valence electrons. The number of benzene rings is 2. The van der Waals surface area contributed by atoms with Crippen LogP contribution in [0.15, 0.2) is 78.7 Å². The molecular formula is C18H19N3O5S. The number of amides is 2. The van der Waals surface area contributed by atoms with Crippen molar-refractivity contribution in [2.45, 2.75) is 4.90 Å². The topological polar surface area (TPSA) is 139 Å². The first-order valence-corrected chi connectivity index (χ1v) is 9.00. The van der Waals surface area contributed by atoms with E-state index in [1.165, 1.54) is 24.3 Å². The Labute approximate surface area is 157 Å². The summed E-state index contributed by atoms with van der Waals surface area (Å²) in [6, 6.07) is 12.4. The smallest absolute Gasteiger partial charge is 0.247 e. The summed E-state index contributed by atoms with van der Waals surface area (Å²) in [4.78, 5) is 21.7. The molecule has 0 fully saturated rings. The van der Waals surface area contributed by atoms with Crippen LogP contribution in [-0.2, 0) is 19.6 Å². The number of carbonyl (C=O) groups excluding carboxylic acids is 2. The number of phenols is 1. The Bertz CT molecular complexity index is 955. The van der Waals surface area contributed by atoms with E-state index in [9.17, 15) is 23.1 Å². The van der Waals surface area contributed by atoms with E-state index in [2.05, 4.69) is 23.8 Å². The van der Waals surface area contributed by atoms with Gasteiger partial charge in [-0.3, -0.25) is 9.59 Å². The summed E-state index contributed by atoms with van der Waals surface area (Å²) in [5.74, 6) is -0.782. The van der Waals surface area contributed by atoms with E-state index < -0.39 is 15.9 Å². The third-order valence-electron chi connectivity index (χ3n) is 2.98. The van der Waals surface area contributed by atoms with Gasteiger partial charge in [0, 0.05) is 0 Å². The predicted molar refractivity (Wildman–Crippen MR) is 104 cm³/mol. The van der Waals surface area contributed by atoms with Crippen molar-refractivity contribution < 1.29 is 23.1 Å². The lowest BCUT2D eigenvalue weighted by atomic mass is 10.3. The Balaban J connectivity index is 0.000000277. The van der Waals surface area contributed by atoms with E-state index in [4.69, 9.17) is 5.14 Å². The molecule has 9 heteroatoms. The van der Waals surface area contributed by atoms with E-state index in [1.54, 1.807) is 24.3 Å². The standard InChI is InChI=1S/C9H10N2O3S.C9H9NO2/c1-2-9(12)11-7-5-3-4-6-8(7)15(10,13)14;1-2-9(12)10-7-5-3-4-6-8(7)11/h2-6H,1H2,(H,11,12)(H2,10,13,14);2-6,11H,1H2,(H,10,12). The van der Waals surface area contributed by atoms with Gasteiger partial charge in [-0.25, -0.2) is 13.6 Å². The summed E-state index contributed by atoms with van der Waals surface area (Å²) >= 11 is 0. The third-order valence-corrected chi connectivity index (χ3v) is 3.95. The van der Waals surface area contributed by atoms with Crippen LogP contribution in [0.5, 0.6) is 5.75 Å². The summed E-state index contributed by atoms with van der Waals surface area (Å²) in [7, 11) is -3.84. The Morgan fingerprint density at radius 3 is 1.81 bits per heavy atom. The maximum atomic E-state index is 11.1. The number of aromatic hydroxyl groups is 1. The van der Waals surface area contributed by atoms with Crippen LogP contribution in [-0.4, -0.2) is 25.3 Å². The highest BCUT2D eigenvalue weighted by Gasteiger charge is 2.13. The molecule has 2 aromatic carbocycles. The van der Waals surface area contributed by atoms with Gasteiger partial charge >= 0.3 is 0 Å². The number of primary sulfonamides is 1. The molecule has 0 saturated heterocycles. The molecule has 0 heterocycles. The first-order valence-electron chi connectivity index (χ1n) is 7.45. The molecule has 0 radical (unpaired) electrons. The minimum Gasteiger partial charge on any atom is -0.506 e. The van der Waals surface area contributed by atoms with Crippen molar-refractivity contribution in [2.75, 3.05) is 10.6 Å². The van der Waals surface area contributed by atoms with Crippen molar-refractivity contribution >= 4 is 33.2 Å². The Morgan fingerprint density at radius 1 is 0.889 bits per heavy atom. The molecule has 0 aliphatic heterocycles. The van der Waals surface area contributed by atoms with Gasteiger partial charge in [0.2, 0.25) is 21.8 Å². The zero-order valence-corrected chi connectivity index (χ0v) is 15.1. The third kappa shape index (κ3) is 7.14. The normalized spacial score (nSPS) is 9.96. The minimum atomic E-state index is -3.84. The molecule has 0 saturated carbocycles. The van der Waals surface area contributed by atoms with Gasteiger partial charge in [-0.05, 0) is 36.4 Å². The van der Waals surface area contributed by atoms with Crippen molar-refractivity contribution in [3.8, 4) is 5.75 Å². The largest absolute Gasteiger partial charge is 0.506 e. The number of anilines is 2. The van der Waals surface area contributed by atoms with Gasteiger partial charge in [-0.2, -0.15) is 0 Å². The average molecular weight is 389 g/mol. The van der Waals surface area contributed by atoms with Gasteiger partial charge < -0.3 is 15.7 Å². The number of nitrogens with one attached hydrogen (secondary N) is 2. The first-order chi connectivity index (χ1) is 12.7. The summed E-state index contributed by atoms with van der Waals surface area (Å²) in [5, 5.41) is 19.0. The average Bonchev–Trinajstić information content (AvgIpc) is 2.63. The number of carbonyl (C=O) groups is 2. The lowest BCUT2D eigenvalue weighted by Gasteiger charge is -2.06. The zero-order valence-electron chi connectivity index (χ0n) is 14.3. The number of para-hydroxylation sites is 3. The van der Waals surface area contributed by atoms with Crippen LogP contribution < -0.4 is 15.8 Å². The van der Waals surface area contributed by atoms with Gasteiger partial charge in [0.15, 0.2) is 0 Å². The lowest BCUT2D eigenvalue weighted by Crippen LogP contribution is -2.16. The van der Waals surface area contributed by atoms with Crippen molar-refractivity contribution in [2.24, 2.45) is 5.14 Å². The highest BCUT2D eigenvalue weighted by Crippen LogP contribution is 2.21. The van der Waals surface area contributed by atoms with Crippen molar-refractivity contribution in [1.82, 2.24) is 0 Å². The molecule has 2 rings (SSSR count). The zero-order chi connectivity index (χ0) is 20.4. The number of hydrogen-bond donors (Lipinski definition) is 4. The first kappa shape index (κ1) is 21.6. The summed E-state index contributed by atoms with van der Waals surface area (Å²) in [6.07, 6.45) is 2.19. The van der Waals surface area contributed by atoms with Gasteiger partial charge in [-0.15, -0.1) is 0 Å². The quantitative estimate of drug-likeness (QED) is 0.457. The fourth-order valence-electron chi connectivity index (χ4n) is 1.76. The molecule has 0 bridgehead atoms. The number of hydrogen-bond acceptors (Lipinski definition) is 5. The lowest BCUT2D eigenvalue weighted by molar-refractivity contribution is -0.112. The second kappa shape index (κ2) is 9.90. The molecule has 0 aliphatic carbocycles. The second-order valence-electron chi connectivity index (χ2n) is 4.95. The van der Waals surface area contributed by atoms with E-state index in [0.29, 0.717) is 5.69 Å². The molecule has 2 amide bonds. The fourth-order valence-corrected chi connectivity index (χ4v) is 2.46. The van der Waals surface area contributed by atoms with Crippen LogP contribution >= 0.6 is 0 Å². The van der Waals surface area contributed by atoms with Gasteiger partial charge in [-0.1, -0.05) is 37.4 Å². The Morgan fingerprint density at radius 2 is 1.33 bits per heavy atom. The SMILES string of the molecule is C=CC(=O)Nc1ccccc1O.C=CC(=O)Nc1ccccc1S(N)(=O)=O. The van der Waals surface area contributed by atoms with Gasteiger partial charge in [0.25, 0.3) is 0 Å². The fraction of sp³-hybridized carbons (Fsp3) is 0. The number of sulfonamides is 1. The highest BCUT2D eigenvalue weighted by atomic mass is 32.2. The molecule has 0 atom stereocenters. The maximum Gasteiger partial charge on any atom is 0.247 e. The van der Waals surface area contributed by atoms with Gasteiger partial charge in [0.05, 0.1) is 11.4 Å². The van der Waals surface area contributed by atoms with Crippen LogP contribution in [0.4, 0.5) is 11.4 Å². The molecule has 0 aromatic heterocycles. The molecule has 27 heavy (non-hydrogen) atoms. The maximum absolute atomic E-state index is 11.1. The van der Waals surface area contributed by atoms with Gasteiger partial charge in [0.1, 0.15) is 10.6 Å². The van der Waals surface area contributed by atoms with Crippen LogP contribution in [0.3, 0.4) is 0 Å². The van der Waals surface area contributed by atoms with E-state index in [0.717, 1.165) is 12.2 Å². The molecular weight excluding hydrogens is 370 g/mol. The molecule has 8 nitrogen and oxygen atoms in total. The monoisotopic (exact) mass is 389 g/mol. The Kier molecular flexibility index (Phi) is 7.92. The molecule has 0 spiro atoms. The second-order valence-corrected chi connectivity index (χ2v) is 6.47. The van der Waals surface area contributed by atoms with Crippen LogP contribution in [0.2, 0.25) is 0 Å².